The predicted molar refractivity (Wildman–Crippen MR) is 88.8 cm³/mol. The first-order valence-electron chi connectivity index (χ1n) is 7.21. The van der Waals surface area contributed by atoms with Crippen molar-refractivity contribution in [2.75, 3.05) is 17.2 Å². The minimum atomic E-state index is 0.0274. The van der Waals surface area contributed by atoms with E-state index in [1.54, 1.807) is 0 Å². The molecule has 0 saturated heterocycles. The van der Waals surface area contributed by atoms with Crippen molar-refractivity contribution in [1.29, 1.82) is 0 Å². The smallest absolute Gasteiger partial charge is 0.226 e. The van der Waals surface area contributed by atoms with E-state index < -0.39 is 0 Å². The number of hydrogen-bond donors (Lipinski definition) is 2. The zero-order valence-electron chi connectivity index (χ0n) is 12.9. The Bertz CT molecular complexity index is 597. The summed E-state index contributed by atoms with van der Waals surface area (Å²) >= 11 is 0. The molecule has 0 heterocycles. The van der Waals surface area contributed by atoms with Crippen LogP contribution < -0.4 is 10.6 Å². The van der Waals surface area contributed by atoms with Crippen molar-refractivity contribution in [1.82, 2.24) is 0 Å². The highest BCUT2D eigenvalue weighted by Gasteiger charge is 2.03. The van der Waals surface area contributed by atoms with E-state index in [0.717, 1.165) is 22.5 Å². The Morgan fingerprint density at radius 1 is 0.857 bits per heavy atom. The summed E-state index contributed by atoms with van der Waals surface area (Å²) in [5.74, 6) is 0.0274. The third kappa shape index (κ3) is 4.95. The number of rotatable bonds is 5. The van der Waals surface area contributed by atoms with Crippen LogP contribution in [0.3, 0.4) is 0 Å². The lowest BCUT2D eigenvalue weighted by atomic mass is 10.1. The fourth-order valence-corrected chi connectivity index (χ4v) is 2.26. The molecule has 0 unspecified atom stereocenters. The molecule has 0 aromatic heterocycles. The van der Waals surface area contributed by atoms with Crippen molar-refractivity contribution in [3.05, 3.63) is 59.2 Å². The van der Waals surface area contributed by atoms with E-state index in [-0.39, 0.29) is 5.91 Å². The summed E-state index contributed by atoms with van der Waals surface area (Å²) in [6, 6.07) is 14.2. The van der Waals surface area contributed by atoms with E-state index in [1.165, 1.54) is 5.56 Å². The second-order valence-corrected chi connectivity index (χ2v) is 5.47. The normalized spacial score (nSPS) is 10.2. The second kappa shape index (κ2) is 6.93. The molecule has 0 aliphatic heterocycles. The van der Waals surface area contributed by atoms with Gasteiger partial charge in [0.05, 0.1) is 0 Å². The van der Waals surface area contributed by atoms with Crippen molar-refractivity contribution in [3.8, 4) is 0 Å². The van der Waals surface area contributed by atoms with Crippen LogP contribution in [0.1, 0.15) is 23.1 Å². The first-order chi connectivity index (χ1) is 10.0. The van der Waals surface area contributed by atoms with Gasteiger partial charge >= 0.3 is 0 Å². The van der Waals surface area contributed by atoms with E-state index in [0.29, 0.717) is 13.0 Å². The molecule has 21 heavy (non-hydrogen) atoms. The Balaban J connectivity index is 1.80. The van der Waals surface area contributed by atoms with Crippen LogP contribution >= 0.6 is 0 Å². The molecule has 1 amide bonds. The molecular formula is C18H22N2O. The quantitative estimate of drug-likeness (QED) is 0.868. The summed E-state index contributed by atoms with van der Waals surface area (Å²) in [4.78, 5) is 11.9. The molecular weight excluding hydrogens is 260 g/mol. The molecule has 2 aromatic carbocycles. The van der Waals surface area contributed by atoms with E-state index >= 15 is 0 Å². The summed E-state index contributed by atoms with van der Waals surface area (Å²) in [6.07, 6.45) is 0.445. The van der Waals surface area contributed by atoms with Crippen LogP contribution in [0, 0.1) is 20.8 Å². The second-order valence-electron chi connectivity index (χ2n) is 5.47. The number of benzene rings is 2. The van der Waals surface area contributed by atoms with Gasteiger partial charge in [-0.1, -0.05) is 23.8 Å². The number of hydrogen-bond acceptors (Lipinski definition) is 2. The van der Waals surface area contributed by atoms with Crippen LogP contribution in [0.2, 0.25) is 0 Å². The first kappa shape index (κ1) is 15.1. The zero-order valence-corrected chi connectivity index (χ0v) is 12.9. The van der Waals surface area contributed by atoms with Gasteiger partial charge in [-0.25, -0.2) is 0 Å². The highest BCUT2D eigenvalue weighted by molar-refractivity contribution is 5.91. The molecule has 0 fully saturated rings. The maximum absolute atomic E-state index is 11.9. The van der Waals surface area contributed by atoms with E-state index in [1.807, 2.05) is 38.1 Å². The molecule has 0 atom stereocenters. The van der Waals surface area contributed by atoms with Gasteiger partial charge in [0.2, 0.25) is 5.91 Å². The lowest BCUT2D eigenvalue weighted by Gasteiger charge is -2.09. The van der Waals surface area contributed by atoms with Crippen molar-refractivity contribution in [2.45, 2.75) is 27.2 Å². The fourth-order valence-electron chi connectivity index (χ4n) is 2.26. The summed E-state index contributed by atoms with van der Waals surface area (Å²) in [5.41, 5.74) is 5.45. The van der Waals surface area contributed by atoms with Crippen LogP contribution in [0.4, 0.5) is 11.4 Å². The molecule has 2 aromatic rings. The summed E-state index contributed by atoms with van der Waals surface area (Å²) in [5, 5.41) is 6.19. The van der Waals surface area contributed by atoms with Crippen LogP contribution in [0.15, 0.2) is 42.5 Å². The monoisotopic (exact) mass is 282 g/mol. The van der Waals surface area contributed by atoms with Crippen molar-refractivity contribution in [2.24, 2.45) is 0 Å². The molecule has 0 aliphatic rings. The fraction of sp³-hybridized carbons (Fsp3) is 0.278. The van der Waals surface area contributed by atoms with Gasteiger partial charge in [-0.15, -0.1) is 0 Å². The van der Waals surface area contributed by atoms with Crippen molar-refractivity contribution < 1.29 is 4.79 Å². The molecule has 110 valence electrons. The Kier molecular flexibility index (Phi) is 4.99. The maximum atomic E-state index is 11.9. The molecule has 0 saturated carbocycles. The van der Waals surface area contributed by atoms with E-state index in [4.69, 9.17) is 0 Å². The highest BCUT2D eigenvalue weighted by atomic mass is 16.1. The topological polar surface area (TPSA) is 41.1 Å². The van der Waals surface area contributed by atoms with E-state index in [9.17, 15) is 4.79 Å². The molecule has 3 nitrogen and oxygen atoms in total. The van der Waals surface area contributed by atoms with Gasteiger partial charge in [-0.2, -0.15) is 0 Å². The number of aryl methyl sites for hydroxylation is 3. The molecule has 2 rings (SSSR count). The Labute approximate surface area is 126 Å². The van der Waals surface area contributed by atoms with Crippen LogP contribution in [-0.2, 0) is 4.79 Å². The van der Waals surface area contributed by atoms with Gasteiger partial charge in [0.25, 0.3) is 0 Å². The Hall–Kier alpha value is -2.29. The number of anilines is 2. The predicted octanol–water partition coefficient (Wildman–Crippen LogP) is 4.05. The Morgan fingerprint density at radius 3 is 2.10 bits per heavy atom. The SMILES string of the molecule is Cc1ccc(NCCC(=O)Nc2cc(C)cc(C)c2)cc1. The number of amides is 1. The average Bonchev–Trinajstić information content (AvgIpc) is 2.39. The van der Waals surface area contributed by atoms with Crippen molar-refractivity contribution in [3.63, 3.8) is 0 Å². The van der Waals surface area contributed by atoms with Crippen LogP contribution in [0.5, 0.6) is 0 Å². The zero-order chi connectivity index (χ0) is 15.2. The van der Waals surface area contributed by atoms with Crippen LogP contribution in [0.25, 0.3) is 0 Å². The van der Waals surface area contributed by atoms with Crippen molar-refractivity contribution >= 4 is 17.3 Å². The standard InChI is InChI=1S/C18H22N2O/c1-13-4-6-16(7-5-13)19-9-8-18(21)20-17-11-14(2)10-15(3)12-17/h4-7,10-12,19H,8-9H2,1-3H3,(H,20,21). The number of carbonyl (C=O) groups excluding carboxylic acids is 1. The highest BCUT2D eigenvalue weighted by Crippen LogP contribution is 2.14. The van der Waals surface area contributed by atoms with Gasteiger partial charge < -0.3 is 10.6 Å². The van der Waals surface area contributed by atoms with Gasteiger partial charge in [-0.3, -0.25) is 4.79 Å². The molecule has 3 heteroatoms. The molecule has 0 bridgehead atoms. The summed E-state index contributed by atoms with van der Waals surface area (Å²) < 4.78 is 0. The third-order valence-corrected chi connectivity index (χ3v) is 3.24. The third-order valence-electron chi connectivity index (χ3n) is 3.24. The first-order valence-corrected chi connectivity index (χ1v) is 7.21. The van der Waals surface area contributed by atoms with Crippen LogP contribution in [-0.4, -0.2) is 12.5 Å². The van der Waals surface area contributed by atoms with Gasteiger partial charge in [-0.05, 0) is 56.2 Å². The number of nitrogens with one attached hydrogen (secondary N) is 2. The maximum Gasteiger partial charge on any atom is 0.226 e. The minimum Gasteiger partial charge on any atom is -0.385 e. The molecule has 0 radical (unpaired) electrons. The summed E-state index contributed by atoms with van der Waals surface area (Å²) in [6.45, 7) is 6.74. The van der Waals surface area contributed by atoms with Gasteiger partial charge in [0, 0.05) is 24.3 Å². The minimum absolute atomic E-state index is 0.0274. The van der Waals surface area contributed by atoms with Gasteiger partial charge in [0.1, 0.15) is 0 Å². The largest absolute Gasteiger partial charge is 0.385 e. The Morgan fingerprint density at radius 2 is 1.48 bits per heavy atom. The van der Waals surface area contributed by atoms with Gasteiger partial charge in [0.15, 0.2) is 0 Å². The average molecular weight is 282 g/mol. The summed E-state index contributed by atoms with van der Waals surface area (Å²) in [7, 11) is 0. The van der Waals surface area contributed by atoms with E-state index in [2.05, 4.69) is 35.8 Å². The number of carbonyl (C=O) groups is 1. The molecule has 0 spiro atoms. The molecule has 2 N–H and O–H groups in total. The lowest BCUT2D eigenvalue weighted by molar-refractivity contribution is -0.115. The lowest BCUT2D eigenvalue weighted by Crippen LogP contribution is -2.16. The molecule has 0 aliphatic carbocycles.